The van der Waals surface area contributed by atoms with E-state index in [4.69, 9.17) is 4.12 Å². The molecule has 0 spiro atoms. The predicted octanol–water partition coefficient (Wildman–Crippen LogP) is -2.17. The van der Waals surface area contributed by atoms with Crippen molar-refractivity contribution >= 4 is 20.0 Å². The Bertz CT molecular complexity index is 138. The van der Waals surface area contributed by atoms with Gasteiger partial charge in [-0.3, -0.25) is 9.15 Å². The van der Waals surface area contributed by atoms with Crippen LogP contribution in [0.5, 0.6) is 0 Å². The van der Waals surface area contributed by atoms with Gasteiger partial charge in [0.2, 0.25) is 0 Å². The third kappa shape index (κ3) is 4.69. The first-order valence-electron chi connectivity index (χ1n) is 2.87. The molecule has 1 aromatic rings. The van der Waals surface area contributed by atoms with Crippen LogP contribution < -0.4 is 0 Å². The first kappa shape index (κ1) is 8.42. The molecule has 11 heavy (non-hydrogen) atoms. The van der Waals surface area contributed by atoms with Gasteiger partial charge in [-0.05, 0) is 0 Å². The first-order chi connectivity index (χ1) is 5.50. The van der Waals surface area contributed by atoms with Crippen LogP contribution in [0.15, 0.2) is 19.0 Å². The van der Waals surface area contributed by atoms with Crippen molar-refractivity contribution in [2.24, 2.45) is 0 Å². The average molecular weight is 189 g/mol. The number of hydrogen-bond acceptors (Lipinski definition) is 6. The maximum absolute atomic E-state index is 4.78. The van der Waals surface area contributed by atoms with Gasteiger partial charge in [-0.2, -0.15) is 0 Å². The fourth-order valence-electron chi connectivity index (χ4n) is 0.375. The van der Waals surface area contributed by atoms with Crippen molar-refractivity contribution in [3.05, 3.63) is 19.0 Å². The molecule has 60 valence electrons. The Morgan fingerprint density at radius 1 is 0.818 bits per heavy atom. The van der Waals surface area contributed by atoms with Crippen LogP contribution in [-0.2, 0) is 13.3 Å². The zero-order valence-corrected chi connectivity index (χ0v) is 8.54. The predicted molar refractivity (Wildman–Crippen MR) is 40.2 cm³/mol. The van der Waals surface area contributed by atoms with E-state index >= 15 is 0 Å². The first-order valence-corrected chi connectivity index (χ1v) is 5.18. The van der Waals surface area contributed by atoms with E-state index in [9.17, 15) is 0 Å². The summed E-state index contributed by atoms with van der Waals surface area (Å²) in [7, 11) is -1.23. The molecule has 0 amide bonds. The van der Waals surface area contributed by atoms with Crippen molar-refractivity contribution in [3.63, 3.8) is 0 Å². The van der Waals surface area contributed by atoms with E-state index in [1.54, 1.807) is 0 Å². The average Bonchev–Trinajstić information content (AvgIpc) is 2.64. The quantitative estimate of drug-likeness (QED) is 0.342. The maximum atomic E-state index is 4.78. The topological polar surface area (TPSA) is 66.4 Å². The van der Waals surface area contributed by atoms with Gasteiger partial charge in [0.25, 0.3) is 0 Å². The minimum atomic E-state index is -0.617. The number of hydrogen-bond donors (Lipinski definition) is 0. The third-order valence-electron chi connectivity index (χ3n) is 0.746. The van der Waals surface area contributed by atoms with Crippen LogP contribution in [0.4, 0.5) is 0 Å². The fourth-order valence-corrected chi connectivity index (χ4v) is 1.74. The lowest BCUT2D eigenvalue weighted by atomic mass is 11.1. The molecule has 8 heteroatoms. The highest BCUT2D eigenvalue weighted by atomic mass is 28.3. The fraction of sp³-hybridized carbons (Fsp3) is 0. The van der Waals surface area contributed by atoms with E-state index in [1.165, 1.54) is 19.0 Å². The smallest absolute Gasteiger partial charge is 0.334 e. The summed E-state index contributed by atoms with van der Waals surface area (Å²) in [5.41, 5.74) is 0. The standard InChI is InChI=1S/C3H3N3.H4O3Si2/c1-4-2-6-3-5-1;1-2-5-3-4-1/h1-3H;4-5H2. The number of aromatic nitrogens is 3. The second-order valence-corrected chi connectivity index (χ2v) is 4.04. The molecular weight excluding hydrogens is 182 g/mol. The van der Waals surface area contributed by atoms with Gasteiger partial charge in [-0.1, -0.05) is 0 Å². The second-order valence-electron chi connectivity index (χ2n) is 1.47. The second kappa shape index (κ2) is 6.06. The van der Waals surface area contributed by atoms with Gasteiger partial charge in [-0.15, -0.1) is 0 Å². The summed E-state index contributed by atoms with van der Waals surface area (Å²) >= 11 is 0. The lowest BCUT2D eigenvalue weighted by molar-refractivity contribution is -0.0859. The van der Waals surface area contributed by atoms with Crippen LogP contribution in [0.3, 0.4) is 0 Å². The Morgan fingerprint density at radius 3 is 1.45 bits per heavy atom. The van der Waals surface area contributed by atoms with Crippen molar-refractivity contribution in [2.75, 3.05) is 0 Å². The van der Waals surface area contributed by atoms with E-state index in [2.05, 4.69) is 24.1 Å². The molecule has 1 saturated heterocycles. The molecular formula is C3H7N3O3Si2. The van der Waals surface area contributed by atoms with Crippen LogP contribution in [-0.4, -0.2) is 35.0 Å². The summed E-state index contributed by atoms with van der Waals surface area (Å²) in [5, 5.41) is 0. The van der Waals surface area contributed by atoms with Crippen molar-refractivity contribution in [1.29, 1.82) is 0 Å². The highest BCUT2D eigenvalue weighted by Crippen LogP contribution is 1.82. The molecule has 0 bridgehead atoms. The molecule has 1 fully saturated rings. The molecule has 2 heterocycles. The van der Waals surface area contributed by atoms with Gasteiger partial charge in [0.15, 0.2) is 0 Å². The van der Waals surface area contributed by atoms with E-state index in [1.807, 2.05) is 0 Å². The van der Waals surface area contributed by atoms with Crippen LogP contribution in [0.25, 0.3) is 0 Å². The number of nitrogens with zero attached hydrogens (tertiary/aromatic N) is 3. The Morgan fingerprint density at radius 2 is 1.27 bits per heavy atom. The largest absolute Gasteiger partial charge is 0.421 e. The van der Waals surface area contributed by atoms with Gasteiger partial charge >= 0.3 is 20.0 Å². The Kier molecular flexibility index (Phi) is 4.64. The van der Waals surface area contributed by atoms with Crippen LogP contribution in [0.2, 0.25) is 0 Å². The molecule has 0 unspecified atom stereocenters. The number of rotatable bonds is 0. The lowest BCUT2D eigenvalue weighted by Gasteiger charge is -1.75. The van der Waals surface area contributed by atoms with Crippen molar-refractivity contribution in [1.82, 2.24) is 15.0 Å². The summed E-state index contributed by atoms with van der Waals surface area (Å²) < 4.78 is 13.6. The minimum Gasteiger partial charge on any atom is -0.421 e. The van der Waals surface area contributed by atoms with E-state index in [0.717, 1.165) is 0 Å². The Labute approximate surface area is 68.0 Å². The highest BCUT2D eigenvalue weighted by Gasteiger charge is 1.98. The lowest BCUT2D eigenvalue weighted by Crippen LogP contribution is -1.86. The molecule has 1 aromatic heterocycles. The van der Waals surface area contributed by atoms with E-state index in [-0.39, 0.29) is 0 Å². The van der Waals surface area contributed by atoms with Crippen molar-refractivity contribution < 1.29 is 13.3 Å². The zero-order valence-electron chi connectivity index (χ0n) is 5.71. The van der Waals surface area contributed by atoms with Crippen LogP contribution in [0.1, 0.15) is 0 Å². The molecule has 0 aromatic carbocycles. The Hall–Kier alpha value is -0.676. The zero-order chi connectivity index (χ0) is 7.78. The normalized spacial score (nSPS) is 19.6. The van der Waals surface area contributed by atoms with Gasteiger partial charge in [0.1, 0.15) is 19.0 Å². The summed E-state index contributed by atoms with van der Waals surface area (Å²) in [6, 6.07) is 0. The van der Waals surface area contributed by atoms with Crippen molar-refractivity contribution in [3.8, 4) is 0 Å². The molecule has 2 rings (SSSR count). The van der Waals surface area contributed by atoms with Gasteiger partial charge in [0.05, 0.1) is 0 Å². The third-order valence-corrected chi connectivity index (χ3v) is 2.94. The van der Waals surface area contributed by atoms with E-state index < -0.39 is 20.0 Å². The van der Waals surface area contributed by atoms with E-state index in [0.29, 0.717) is 0 Å². The molecule has 6 nitrogen and oxygen atoms in total. The van der Waals surface area contributed by atoms with Gasteiger partial charge in [0, 0.05) is 0 Å². The van der Waals surface area contributed by atoms with Crippen molar-refractivity contribution in [2.45, 2.75) is 0 Å². The molecule has 0 aliphatic carbocycles. The summed E-state index contributed by atoms with van der Waals surface area (Å²) in [5.74, 6) is 0. The van der Waals surface area contributed by atoms with Gasteiger partial charge < -0.3 is 4.12 Å². The van der Waals surface area contributed by atoms with Gasteiger partial charge in [-0.25, -0.2) is 15.0 Å². The molecule has 0 saturated carbocycles. The molecule has 0 N–H and O–H groups in total. The highest BCUT2D eigenvalue weighted by molar-refractivity contribution is 6.37. The molecule has 1 aliphatic rings. The minimum absolute atomic E-state index is 0.617. The maximum Gasteiger partial charge on any atom is 0.334 e. The molecule has 0 atom stereocenters. The SMILES string of the molecule is O1O[SiH2]O[SiH2]1.c1ncncn1. The summed E-state index contributed by atoms with van der Waals surface area (Å²) in [4.78, 5) is 10.7. The van der Waals surface area contributed by atoms with Crippen LogP contribution >= 0.6 is 0 Å². The summed E-state index contributed by atoms with van der Waals surface area (Å²) in [6.07, 6.45) is 4.31. The van der Waals surface area contributed by atoms with Crippen LogP contribution in [0, 0.1) is 0 Å². The monoisotopic (exact) mass is 189 g/mol. The molecule has 0 radical (unpaired) electrons. The molecule has 1 aliphatic heterocycles. The Balaban J connectivity index is 0.000000112. The summed E-state index contributed by atoms with van der Waals surface area (Å²) in [6.45, 7) is 0.